The summed E-state index contributed by atoms with van der Waals surface area (Å²) in [5.41, 5.74) is 6.42. The molecule has 18 heavy (non-hydrogen) atoms. The van der Waals surface area contributed by atoms with E-state index in [9.17, 15) is 13.6 Å². The van der Waals surface area contributed by atoms with Crippen LogP contribution in [0.5, 0.6) is 0 Å². The molecular formula is C11H12F2N2O2S. The number of nitrogens with two attached hydrogens (primary N) is 1. The second kappa shape index (κ2) is 6.97. The van der Waals surface area contributed by atoms with E-state index in [1.165, 1.54) is 0 Å². The molecule has 0 aliphatic heterocycles. The van der Waals surface area contributed by atoms with Crippen molar-refractivity contribution in [1.82, 2.24) is 0 Å². The summed E-state index contributed by atoms with van der Waals surface area (Å²) in [4.78, 5) is 11.5. The fourth-order valence-electron chi connectivity index (χ4n) is 1.23. The van der Waals surface area contributed by atoms with Crippen LogP contribution < -0.4 is 11.1 Å². The SMILES string of the molecule is NC(=S)c1ccccc1NC(=O)COCC(F)F. The number of anilines is 1. The molecule has 98 valence electrons. The zero-order chi connectivity index (χ0) is 13.5. The molecule has 0 saturated heterocycles. The minimum absolute atomic E-state index is 0.138. The van der Waals surface area contributed by atoms with E-state index in [1.54, 1.807) is 24.3 Å². The van der Waals surface area contributed by atoms with E-state index in [4.69, 9.17) is 18.0 Å². The van der Waals surface area contributed by atoms with E-state index < -0.39 is 25.5 Å². The Balaban J connectivity index is 2.56. The van der Waals surface area contributed by atoms with Gasteiger partial charge in [0.2, 0.25) is 5.91 Å². The maximum atomic E-state index is 11.8. The topological polar surface area (TPSA) is 64.3 Å². The zero-order valence-electron chi connectivity index (χ0n) is 9.36. The van der Waals surface area contributed by atoms with Crippen LogP contribution in [0.1, 0.15) is 5.56 Å². The van der Waals surface area contributed by atoms with Crippen LogP contribution in [0.25, 0.3) is 0 Å². The molecule has 0 aromatic heterocycles. The summed E-state index contributed by atoms with van der Waals surface area (Å²) in [6.45, 7) is -1.22. The number of para-hydroxylation sites is 1. The quantitative estimate of drug-likeness (QED) is 0.772. The third kappa shape index (κ3) is 4.72. The van der Waals surface area contributed by atoms with E-state index in [-0.39, 0.29) is 4.99 Å². The lowest BCUT2D eigenvalue weighted by Crippen LogP contribution is -2.22. The van der Waals surface area contributed by atoms with Gasteiger partial charge in [0, 0.05) is 5.56 Å². The fourth-order valence-corrected chi connectivity index (χ4v) is 1.41. The van der Waals surface area contributed by atoms with Crippen molar-refractivity contribution in [2.75, 3.05) is 18.5 Å². The van der Waals surface area contributed by atoms with Gasteiger partial charge in [-0.05, 0) is 12.1 Å². The Labute approximate surface area is 108 Å². The first-order valence-corrected chi connectivity index (χ1v) is 5.46. The zero-order valence-corrected chi connectivity index (χ0v) is 10.2. The van der Waals surface area contributed by atoms with E-state index in [2.05, 4.69) is 10.1 Å². The van der Waals surface area contributed by atoms with Crippen LogP contribution in [0.4, 0.5) is 14.5 Å². The largest absolute Gasteiger partial charge is 0.389 e. The molecule has 4 nitrogen and oxygen atoms in total. The Morgan fingerprint density at radius 1 is 1.44 bits per heavy atom. The Morgan fingerprint density at radius 2 is 2.11 bits per heavy atom. The molecule has 0 saturated carbocycles. The number of nitrogens with one attached hydrogen (secondary N) is 1. The van der Waals surface area contributed by atoms with Gasteiger partial charge in [-0.2, -0.15) is 0 Å². The van der Waals surface area contributed by atoms with Gasteiger partial charge in [0.25, 0.3) is 6.43 Å². The number of ether oxygens (including phenoxy) is 1. The molecule has 1 aromatic rings. The smallest absolute Gasteiger partial charge is 0.261 e. The molecule has 0 spiro atoms. The van der Waals surface area contributed by atoms with Crippen LogP contribution in [-0.4, -0.2) is 30.5 Å². The van der Waals surface area contributed by atoms with Crippen molar-refractivity contribution in [2.24, 2.45) is 5.73 Å². The first kappa shape index (κ1) is 14.5. The highest BCUT2D eigenvalue weighted by molar-refractivity contribution is 7.80. The molecule has 0 aliphatic rings. The molecule has 1 rings (SSSR count). The second-order valence-corrected chi connectivity index (χ2v) is 3.80. The van der Waals surface area contributed by atoms with Crippen LogP contribution in [0.3, 0.4) is 0 Å². The van der Waals surface area contributed by atoms with Gasteiger partial charge in [0.15, 0.2) is 0 Å². The Morgan fingerprint density at radius 3 is 2.72 bits per heavy atom. The number of carbonyl (C=O) groups excluding carboxylic acids is 1. The summed E-state index contributed by atoms with van der Waals surface area (Å²) < 4.78 is 28.1. The number of rotatable bonds is 6. The molecule has 3 N–H and O–H groups in total. The van der Waals surface area contributed by atoms with Gasteiger partial charge >= 0.3 is 0 Å². The molecule has 0 heterocycles. The molecule has 0 radical (unpaired) electrons. The van der Waals surface area contributed by atoms with Gasteiger partial charge in [-0.1, -0.05) is 24.4 Å². The average Bonchev–Trinajstić information content (AvgIpc) is 2.28. The minimum atomic E-state index is -2.60. The minimum Gasteiger partial charge on any atom is -0.389 e. The lowest BCUT2D eigenvalue weighted by atomic mass is 10.2. The van der Waals surface area contributed by atoms with Crippen LogP contribution >= 0.6 is 12.2 Å². The van der Waals surface area contributed by atoms with Crippen molar-refractivity contribution in [1.29, 1.82) is 0 Å². The highest BCUT2D eigenvalue weighted by Gasteiger charge is 2.09. The number of carbonyl (C=O) groups is 1. The molecule has 0 atom stereocenters. The summed E-state index contributed by atoms with van der Waals surface area (Å²) >= 11 is 4.82. The van der Waals surface area contributed by atoms with E-state index in [0.717, 1.165) is 0 Å². The van der Waals surface area contributed by atoms with Crippen LogP contribution in [0.15, 0.2) is 24.3 Å². The second-order valence-electron chi connectivity index (χ2n) is 3.36. The Hall–Kier alpha value is -1.60. The van der Waals surface area contributed by atoms with Crippen molar-refractivity contribution in [3.63, 3.8) is 0 Å². The number of hydrogen-bond acceptors (Lipinski definition) is 3. The normalized spacial score (nSPS) is 10.4. The van der Waals surface area contributed by atoms with Crippen molar-refractivity contribution in [3.8, 4) is 0 Å². The van der Waals surface area contributed by atoms with Crippen molar-refractivity contribution in [3.05, 3.63) is 29.8 Å². The molecule has 0 unspecified atom stereocenters. The van der Waals surface area contributed by atoms with E-state index in [0.29, 0.717) is 11.3 Å². The standard InChI is InChI=1S/C11H12F2N2O2S/c12-9(13)5-17-6-10(16)15-8-4-2-1-3-7(8)11(14)18/h1-4,9H,5-6H2,(H2,14,18)(H,15,16). The molecule has 0 aliphatic carbocycles. The summed E-state index contributed by atoms with van der Waals surface area (Å²) in [7, 11) is 0. The maximum Gasteiger partial charge on any atom is 0.261 e. The summed E-state index contributed by atoms with van der Waals surface area (Å²) in [5, 5.41) is 2.49. The highest BCUT2D eigenvalue weighted by Crippen LogP contribution is 2.14. The Kier molecular flexibility index (Phi) is 5.60. The monoisotopic (exact) mass is 274 g/mol. The number of benzene rings is 1. The molecule has 0 fully saturated rings. The van der Waals surface area contributed by atoms with Gasteiger partial charge in [0.05, 0.1) is 5.69 Å². The lowest BCUT2D eigenvalue weighted by molar-refractivity contribution is -0.121. The molecule has 7 heteroatoms. The number of hydrogen-bond donors (Lipinski definition) is 2. The highest BCUT2D eigenvalue weighted by atomic mass is 32.1. The van der Waals surface area contributed by atoms with Crippen molar-refractivity contribution >= 4 is 28.8 Å². The number of amides is 1. The maximum absolute atomic E-state index is 11.8. The van der Waals surface area contributed by atoms with E-state index in [1.807, 2.05) is 0 Å². The van der Waals surface area contributed by atoms with Crippen LogP contribution in [0.2, 0.25) is 0 Å². The molecule has 1 aromatic carbocycles. The third-order valence-corrected chi connectivity index (χ3v) is 2.16. The summed E-state index contributed by atoms with van der Waals surface area (Å²) in [5.74, 6) is -0.542. The van der Waals surface area contributed by atoms with Gasteiger partial charge in [0.1, 0.15) is 18.2 Å². The summed E-state index contributed by atoms with van der Waals surface area (Å²) in [6, 6.07) is 6.67. The predicted octanol–water partition coefficient (Wildman–Crippen LogP) is 1.54. The Bertz CT molecular complexity index is 441. The molecule has 0 bridgehead atoms. The predicted molar refractivity (Wildman–Crippen MR) is 67.8 cm³/mol. The average molecular weight is 274 g/mol. The van der Waals surface area contributed by atoms with Gasteiger partial charge in [-0.15, -0.1) is 0 Å². The number of halogens is 2. The fraction of sp³-hybridized carbons (Fsp3) is 0.273. The van der Waals surface area contributed by atoms with Crippen molar-refractivity contribution in [2.45, 2.75) is 6.43 Å². The van der Waals surface area contributed by atoms with Gasteiger partial charge in [-0.3, -0.25) is 4.79 Å². The first-order chi connectivity index (χ1) is 8.50. The summed E-state index contributed by atoms with van der Waals surface area (Å²) in [6.07, 6.45) is -2.60. The third-order valence-electron chi connectivity index (χ3n) is 1.94. The van der Waals surface area contributed by atoms with Gasteiger partial charge < -0.3 is 15.8 Å². The van der Waals surface area contributed by atoms with Gasteiger partial charge in [-0.25, -0.2) is 8.78 Å². The van der Waals surface area contributed by atoms with Crippen LogP contribution in [-0.2, 0) is 9.53 Å². The lowest BCUT2D eigenvalue weighted by Gasteiger charge is -2.10. The van der Waals surface area contributed by atoms with Crippen molar-refractivity contribution < 1.29 is 18.3 Å². The number of alkyl halides is 2. The molecule has 1 amide bonds. The van der Waals surface area contributed by atoms with Crippen LogP contribution in [0, 0.1) is 0 Å². The number of thiocarbonyl (C=S) groups is 1. The van der Waals surface area contributed by atoms with E-state index >= 15 is 0 Å². The first-order valence-electron chi connectivity index (χ1n) is 5.05. The molecular weight excluding hydrogens is 262 g/mol.